The predicted octanol–water partition coefficient (Wildman–Crippen LogP) is 4.07. The van der Waals surface area contributed by atoms with Crippen molar-refractivity contribution in [3.63, 3.8) is 0 Å². The largest absolute Gasteiger partial charge is 0.380 e. The molecule has 1 N–H and O–H groups in total. The predicted molar refractivity (Wildman–Crippen MR) is 73.6 cm³/mol. The average Bonchev–Trinajstić information content (AvgIpc) is 2.63. The Hall–Kier alpha value is -1.19. The van der Waals surface area contributed by atoms with Gasteiger partial charge < -0.3 is 5.11 Å². The van der Waals surface area contributed by atoms with E-state index in [0.29, 0.717) is 5.56 Å². The van der Waals surface area contributed by atoms with Crippen LogP contribution in [0.3, 0.4) is 0 Å². The van der Waals surface area contributed by atoms with Crippen LogP contribution in [0.2, 0.25) is 0 Å². The van der Waals surface area contributed by atoms with Gasteiger partial charge in [0.1, 0.15) is 11.4 Å². The number of benzene rings is 1. The average molecular weight is 264 g/mol. The molecular weight excluding hydrogens is 247 g/mol. The lowest BCUT2D eigenvalue weighted by Crippen LogP contribution is -2.24. The van der Waals surface area contributed by atoms with Crippen LogP contribution < -0.4 is 0 Å². The summed E-state index contributed by atoms with van der Waals surface area (Å²) in [5, 5.41) is 10.7. The summed E-state index contributed by atoms with van der Waals surface area (Å²) in [6.45, 7) is 7.31. The van der Waals surface area contributed by atoms with Crippen molar-refractivity contribution >= 4 is 11.3 Å². The lowest BCUT2D eigenvalue weighted by atomic mass is 9.89. The SMILES string of the molecule is Cc1cc(C)c(C(C)(O)c2ccc(C)s2)c(F)c1. The van der Waals surface area contributed by atoms with Gasteiger partial charge in [-0.05, 0) is 57.0 Å². The third-order valence-electron chi connectivity index (χ3n) is 3.14. The molecule has 18 heavy (non-hydrogen) atoms. The second kappa shape index (κ2) is 4.48. The van der Waals surface area contributed by atoms with E-state index in [4.69, 9.17) is 0 Å². The zero-order valence-electron chi connectivity index (χ0n) is 11.0. The van der Waals surface area contributed by atoms with Crippen molar-refractivity contribution in [1.29, 1.82) is 0 Å². The monoisotopic (exact) mass is 264 g/mol. The zero-order chi connectivity index (χ0) is 13.5. The standard InChI is InChI=1S/C15H17FOS/c1-9-7-10(2)14(12(16)8-9)15(4,17)13-6-5-11(3)18-13/h5-8,17H,1-4H3. The normalized spacial score (nSPS) is 14.6. The lowest BCUT2D eigenvalue weighted by molar-refractivity contribution is 0.101. The molecule has 0 saturated heterocycles. The van der Waals surface area contributed by atoms with Gasteiger partial charge in [0.15, 0.2) is 0 Å². The highest BCUT2D eigenvalue weighted by atomic mass is 32.1. The van der Waals surface area contributed by atoms with Crippen LogP contribution in [0.5, 0.6) is 0 Å². The van der Waals surface area contributed by atoms with Crippen LogP contribution in [0.4, 0.5) is 4.39 Å². The van der Waals surface area contributed by atoms with Gasteiger partial charge in [-0.1, -0.05) is 6.07 Å². The molecule has 0 aliphatic rings. The van der Waals surface area contributed by atoms with E-state index < -0.39 is 5.60 Å². The molecule has 0 radical (unpaired) electrons. The van der Waals surface area contributed by atoms with Crippen LogP contribution in [-0.2, 0) is 5.60 Å². The number of thiophene rings is 1. The van der Waals surface area contributed by atoms with E-state index in [1.54, 1.807) is 6.92 Å². The van der Waals surface area contributed by atoms with Crippen molar-refractivity contribution in [2.24, 2.45) is 0 Å². The van der Waals surface area contributed by atoms with Crippen LogP contribution in [-0.4, -0.2) is 5.11 Å². The fourth-order valence-corrected chi connectivity index (χ4v) is 3.27. The van der Waals surface area contributed by atoms with Crippen molar-refractivity contribution in [3.8, 4) is 0 Å². The maximum absolute atomic E-state index is 14.1. The highest BCUT2D eigenvalue weighted by molar-refractivity contribution is 7.12. The zero-order valence-corrected chi connectivity index (χ0v) is 11.9. The van der Waals surface area contributed by atoms with Crippen molar-refractivity contribution < 1.29 is 9.50 Å². The highest BCUT2D eigenvalue weighted by Crippen LogP contribution is 2.37. The summed E-state index contributed by atoms with van der Waals surface area (Å²) < 4.78 is 14.1. The van der Waals surface area contributed by atoms with Crippen LogP contribution in [0.25, 0.3) is 0 Å². The summed E-state index contributed by atoms with van der Waals surface area (Å²) in [6, 6.07) is 7.17. The smallest absolute Gasteiger partial charge is 0.130 e. The molecular formula is C15H17FOS. The molecule has 0 amide bonds. The molecule has 0 saturated carbocycles. The molecule has 96 valence electrons. The van der Waals surface area contributed by atoms with Crippen LogP contribution >= 0.6 is 11.3 Å². The first kappa shape index (κ1) is 13.2. The van der Waals surface area contributed by atoms with Crippen LogP contribution in [0.1, 0.15) is 33.4 Å². The Morgan fingerprint density at radius 1 is 1.17 bits per heavy atom. The fourth-order valence-electron chi connectivity index (χ4n) is 2.35. The first-order valence-electron chi connectivity index (χ1n) is 5.89. The van der Waals surface area contributed by atoms with Gasteiger partial charge in [-0.15, -0.1) is 11.3 Å². The summed E-state index contributed by atoms with van der Waals surface area (Å²) in [4.78, 5) is 1.88. The van der Waals surface area contributed by atoms with Gasteiger partial charge in [0.25, 0.3) is 0 Å². The minimum absolute atomic E-state index is 0.344. The Balaban J connectivity index is 2.60. The van der Waals surface area contributed by atoms with E-state index in [9.17, 15) is 9.50 Å². The van der Waals surface area contributed by atoms with Gasteiger partial charge >= 0.3 is 0 Å². The molecule has 1 aromatic carbocycles. The van der Waals surface area contributed by atoms with E-state index in [2.05, 4.69) is 0 Å². The molecule has 1 aromatic heterocycles. The van der Waals surface area contributed by atoms with Crippen molar-refractivity contribution in [3.05, 3.63) is 56.5 Å². The van der Waals surface area contributed by atoms with Gasteiger partial charge in [0, 0.05) is 15.3 Å². The number of rotatable bonds is 2. The van der Waals surface area contributed by atoms with Crippen LogP contribution in [0.15, 0.2) is 24.3 Å². The molecule has 0 aliphatic heterocycles. The summed E-state index contributed by atoms with van der Waals surface area (Å²) in [5.74, 6) is -0.344. The molecule has 0 fully saturated rings. The van der Waals surface area contributed by atoms with Gasteiger partial charge in [-0.25, -0.2) is 4.39 Å². The third-order valence-corrected chi connectivity index (χ3v) is 4.35. The first-order chi connectivity index (χ1) is 8.32. The van der Waals surface area contributed by atoms with E-state index in [-0.39, 0.29) is 5.82 Å². The maximum atomic E-state index is 14.1. The molecule has 0 aliphatic carbocycles. The van der Waals surface area contributed by atoms with E-state index >= 15 is 0 Å². The highest BCUT2D eigenvalue weighted by Gasteiger charge is 2.31. The fraction of sp³-hybridized carbons (Fsp3) is 0.333. The topological polar surface area (TPSA) is 20.2 Å². The Labute approximate surface area is 111 Å². The maximum Gasteiger partial charge on any atom is 0.130 e. The number of hydrogen-bond acceptors (Lipinski definition) is 2. The number of aryl methyl sites for hydroxylation is 3. The second-order valence-corrected chi connectivity index (χ2v) is 6.21. The Bertz CT molecular complexity index is 561. The second-order valence-electron chi connectivity index (χ2n) is 4.92. The molecule has 1 heterocycles. The van der Waals surface area contributed by atoms with Crippen molar-refractivity contribution in [2.75, 3.05) is 0 Å². The Morgan fingerprint density at radius 3 is 2.33 bits per heavy atom. The molecule has 1 unspecified atom stereocenters. The van der Waals surface area contributed by atoms with Gasteiger partial charge in [0.2, 0.25) is 0 Å². The van der Waals surface area contributed by atoms with Crippen LogP contribution in [0, 0.1) is 26.6 Å². The summed E-state index contributed by atoms with van der Waals surface area (Å²) in [5.41, 5.74) is 0.742. The van der Waals surface area contributed by atoms with E-state index in [1.165, 1.54) is 17.4 Å². The third kappa shape index (κ3) is 2.20. The summed E-state index contributed by atoms with van der Waals surface area (Å²) >= 11 is 1.49. The molecule has 0 bridgehead atoms. The molecule has 2 rings (SSSR count). The molecule has 3 heteroatoms. The number of hydrogen-bond donors (Lipinski definition) is 1. The van der Waals surface area contributed by atoms with Gasteiger partial charge in [-0.3, -0.25) is 0 Å². The summed E-state index contributed by atoms with van der Waals surface area (Å²) in [6.07, 6.45) is 0. The van der Waals surface area contributed by atoms with Crippen molar-refractivity contribution in [1.82, 2.24) is 0 Å². The van der Waals surface area contributed by atoms with E-state index in [0.717, 1.165) is 20.9 Å². The molecule has 2 aromatic rings. The first-order valence-corrected chi connectivity index (χ1v) is 6.70. The summed E-state index contributed by atoms with van der Waals surface area (Å²) in [7, 11) is 0. The quantitative estimate of drug-likeness (QED) is 0.867. The van der Waals surface area contributed by atoms with E-state index in [1.807, 2.05) is 39.0 Å². The van der Waals surface area contributed by atoms with Gasteiger partial charge in [0.05, 0.1) is 0 Å². The minimum Gasteiger partial charge on any atom is -0.380 e. The number of halogens is 1. The van der Waals surface area contributed by atoms with Crippen molar-refractivity contribution in [2.45, 2.75) is 33.3 Å². The molecule has 1 atom stereocenters. The minimum atomic E-state index is -1.28. The Kier molecular flexibility index (Phi) is 3.30. The van der Waals surface area contributed by atoms with Gasteiger partial charge in [-0.2, -0.15) is 0 Å². The molecule has 1 nitrogen and oxygen atoms in total. The molecule has 0 spiro atoms. The lowest BCUT2D eigenvalue weighted by Gasteiger charge is -2.25. The Morgan fingerprint density at radius 2 is 1.83 bits per heavy atom. The number of aliphatic hydroxyl groups is 1.